The molecule has 0 unspecified atom stereocenters. The van der Waals surface area contributed by atoms with E-state index in [0.717, 1.165) is 19.4 Å². The van der Waals surface area contributed by atoms with Crippen molar-refractivity contribution in [3.05, 3.63) is 66.0 Å². The first-order valence-corrected chi connectivity index (χ1v) is 13.0. The Labute approximate surface area is 226 Å². The number of ether oxygens (including phenoxy) is 5. The van der Waals surface area contributed by atoms with Gasteiger partial charge >= 0.3 is 0 Å². The number of hydrogen-bond acceptors (Lipinski definition) is 7. The van der Waals surface area contributed by atoms with Crippen LogP contribution in [-0.4, -0.2) is 57.0 Å². The summed E-state index contributed by atoms with van der Waals surface area (Å²) in [6, 6.07) is 15.0. The van der Waals surface area contributed by atoms with Crippen molar-refractivity contribution in [1.29, 1.82) is 0 Å². The molecule has 0 spiro atoms. The molecule has 1 saturated heterocycles. The summed E-state index contributed by atoms with van der Waals surface area (Å²) in [6.07, 6.45) is 5.18. The molecule has 5 rings (SSSR count). The van der Waals surface area contributed by atoms with Crippen molar-refractivity contribution in [3.8, 4) is 34.5 Å². The molecule has 0 bridgehead atoms. The summed E-state index contributed by atoms with van der Waals surface area (Å²) in [5.74, 6) is 2.24. The molecule has 204 valence electrons. The van der Waals surface area contributed by atoms with Gasteiger partial charge in [0.15, 0.2) is 23.1 Å². The topological polar surface area (TPSA) is 78.8 Å². The average molecular weight is 535 g/mol. The predicted molar refractivity (Wildman–Crippen MR) is 145 cm³/mol. The van der Waals surface area contributed by atoms with Crippen LogP contribution in [0.4, 0.5) is 10.1 Å². The predicted octanol–water partition coefficient (Wildman–Crippen LogP) is 6.19. The summed E-state index contributed by atoms with van der Waals surface area (Å²) < 4.78 is 42.4. The summed E-state index contributed by atoms with van der Waals surface area (Å²) in [6.45, 7) is 1.57. The van der Waals surface area contributed by atoms with Gasteiger partial charge in [0.05, 0.1) is 44.7 Å². The minimum absolute atomic E-state index is 0.0243. The molecule has 2 aliphatic heterocycles. The minimum atomic E-state index is -0.511. The maximum Gasteiger partial charge on any atom is 0.256 e. The van der Waals surface area contributed by atoms with Crippen molar-refractivity contribution < 1.29 is 32.9 Å². The lowest BCUT2D eigenvalue weighted by Crippen LogP contribution is -2.35. The van der Waals surface area contributed by atoms with Crippen LogP contribution in [0, 0.1) is 5.82 Å². The molecule has 39 heavy (non-hydrogen) atoms. The first-order chi connectivity index (χ1) is 19.1. The van der Waals surface area contributed by atoms with Crippen molar-refractivity contribution in [3.63, 3.8) is 0 Å². The molecule has 3 aromatic carbocycles. The van der Waals surface area contributed by atoms with Gasteiger partial charge in [-0.05, 0) is 68.1 Å². The SMILES string of the molecule is COc1ccc(Oc2ccc(OCCCCOc3cc4c(cc3OC)C(=O)N3CCC[C@H]3C=N4)cc2F)cc1. The number of methoxy groups -OCH3 is 2. The van der Waals surface area contributed by atoms with Gasteiger partial charge in [0, 0.05) is 24.9 Å². The fourth-order valence-corrected chi connectivity index (χ4v) is 4.62. The van der Waals surface area contributed by atoms with E-state index < -0.39 is 5.82 Å². The lowest BCUT2D eigenvalue weighted by molar-refractivity contribution is 0.0774. The maximum atomic E-state index is 14.5. The van der Waals surface area contributed by atoms with Gasteiger partial charge in [-0.1, -0.05) is 0 Å². The minimum Gasteiger partial charge on any atom is -0.497 e. The van der Waals surface area contributed by atoms with E-state index >= 15 is 0 Å². The highest BCUT2D eigenvalue weighted by Crippen LogP contribution is 2.38. The third-order valence-corrected chi connectivity index (χ3v) is 6.71. The fourth-order valence-electron chi connectivity index (χ4n) is 4.62. The van der Waals surface area contributed by atoms with E-state index in [1.165, 1.54) is 6.07 Å². The van der Waals surface area contributed by atoms with Crippen LogP contribution >= 0.6 is 0 Å². The summed E-state index contributed by atoms with van der Waals surface area (Å²) in [4.78, 5) is 19.4. The molecule has 2 aliphatic rings. The van der Waals surface area contributed by atoms with Gasteiger partial charge < -0.3 is 28.6 Å². The van der Waals surface area contributed by atoms with E-state index in [4.69, 9.17) is 23.7 Å². The molecule has 0 aromatic heterocycles. The highest BCUT2D eigenvalue weighted by atomic mass is 19.1. The standard InChI is InChI=1S/C30H31FN2O6/c1-35-21-7-9-22(10-8-21)39-27-12-11-23(16-25(27)31)37-14-3-4-15-38-29-18-26-24(17-28(29)36-2)30(34)33-13-5-6-20(33)19-32-26/h7-12,16-20H,3-6,13-15H2,1-2H3/t20-/m0/s1. The summed E-state index contributed by atoms with van der Waals surface area (Å²) >= 11 is 0. The normalized spacial score (nSPS) is 15.8. The Balaban J connectivity index is 1.10. The molecule has 2 heterocycles. The average Bonchev–Trinajstić information content (AvgIpc) is 3.39. The van der Waals surface area contributed by atoms with Crippen LogP contribution in [0.2, 0.25) is 0 Å². The number of rotatable bonds is 11. The number of fused-ring (bicyclic) bond motifs is 2. The zero-order chi connectivity index (χ0) is 27.2. The van der Waals surface area contributed by atoms with Gasteiger partial charge in [-0.25, -0.2) is 4.39 Å². The molecule has 3 aromatic rings. The van der Waals surface area contributed by atoms with Gasteiger partial charge in [0.1, 0.15) is 17.2 Å². The highest BCUT2D eigenvalue weighted by molar-refractivity contribution is 6.03. The monoisotopic (exact) mass is 534 g/mol. The highest BCUT2D eigenvalue weighted by Gasteiger charge is 2.32. The Morgan fingerprint density at radius 2 is 1.62 bits per heavy atom. The first-order valence-electron chi connectivity index (χ1n) is 13.0. The van der Waals surface area contributed by atoms with Gasteiger partial charge in [-0.2, -0.15) is 0 Å². The van der Waals surface area contributed by atoms with Gasteiger partial charge in [0.25, 0.3) is 5.91 Å². The number of benzene rings is 3. The fraction of sp³-hybridized carbons (Fsp3) is 0.333. The summed E-state index contributed by atoms with van der Waals surface area (Å²) in [7, 11) is 3.13. The smallest absolute Gasteiger partial charge is 0.256 e. The van der Waals surface area contributed by atoms with Crippen molar-refractivity contribution in [2.45, 2.75) is 31.7 Å². The molecular formula is C30H31FN2O6. The third-order valence-electron chi connectivity index (χ3n) is 6.71. The van der Waals surface area contributed by atoms with Crippen LogP contribution in [0.25, 0.3) is 0 Å². The Hall–Kier alpha value is -4.27. The number of carbonyl (C=O) groups excluding carboxylic acids is 1. The molecule has 1 fully saturated rings. The largest absolute Gasteiger partial charge is 0.497 e. The first kappa shape index (κ1) is 26.3. The molecule has 9 heteroatoms. The molecule has 0 aliphatic carbocycles. The molecule has 1 amide bonds. The number of carbonyl (C=O) groups is 1. The van der Waals surface area contributed by atoms with Crippen LogP contribution in [-0.2, 0) is 0 Å². The van der Waals surface area contributed by atoms with Crippen molar-refractivity contribution in [1.82, 2.24) is 4.90 Å². The zero-order valence-corrected chi connectivity index (χ0v) is 22.0. The quantitative estimate of drug-likeness (QED) is 0.273. The van der Waals surface area contributed by atoms with E-state index in [-0.39, 0.29) is 17.7 Å². The summed E-state index contributed by atoms with van der Waals surface area (Å²) in [5, 5.41) is 0. The third kappa shape index (κ3) is 6.08. The van der Waals surface area contributed by atoms with Gasteiger partial charge in [-0.15, -0.1) is 0 Å². The Morgan fingerprint density at radius 3 is 2.36 bits per heavy atom. The number of nitrogens with zero attached hydrogens (tertiary/aromatic N) is 2. The number of unbranched alkanes of at least 4 members (excludes halogenated alkanes) is 1. The molecular weight excluding hydrogens is 503 g/mol. The Kier molecular flexibility index (Phi) is 8.15. The second-order valence-electron chi connectivity index (χ2n) is 9.28. The Morgan fingerprint density at radius 1 is 0.872 bits per heavy atom. The van der Waals surface area contributed by atoms with Crippen molar-refractivity contribution in [2.75, 3.05) is 34.0 Å². The molecule has 8 nitrogen and oxygen atoms in total. The molecule has 1 atom stereocenters. The lowest BCUT2D eigenvalue weighted by atomic mass is 10.1. The van der Waals surface area contributed by atoms with E-state index in [0.29, 0.717) is 66.1 Å². The Bertz CT molecular complexity index is 1340. The molecule has 0 radical (unpaired) electrons. The number of aliphatic imine (C=N–C) groups is 1. The molecule has 0 N–H and O–H groups in total. The van der Waals surface area contributed by atoms with Crippen LogP contribution in [0.1, 0.15) is 36.0 Å². The number of hydrogen-bond donors (Lipinski definition) is 0. The lowest BCUT2D eigenvalue weighted by Gasteiger charge is -2.20. The maximum absolute atomic E-state index is 14.5. The second kappa shape index (κ2) is 12.1. The number of halogens is 1. The van der Waals surface area contributed by atoms with Crippen LogP contribution < -0.4 is 23.7 Å². The summed E-state index contributed by atoms with van der Waals surface area (Å²) in [5.41, 5.74) is 1.12. The van der Waals surface area contributed by atoms with Crippen molar-refractivity contribution >= 4 is 17.8 Å². The van der Waals surface area contributed by atoms with Gasteiger partial charge in [0.2, 0.25) is 0 Å². The van der Waals surface area contributed by atoms with Gasteiger partial charge in [-0.3, -0.25) is 9.79 Å². The van der Waals surface area contributed by atoms with E-state index in [1.54, 1.807) is 62.8 Å². The van der Waals surface area contributed by atoms with Crippen LogP contribution in [0.15, 0.2) is 59.6 Å². The molecule has 0 saturated carbocycles. The van der Waals surface area contributed by atoms with Crippen LogP contribution in [0.5, 0.6) is 34.5 Å². The van der Waals surface area contributed by atoms with E-state index in [2.05, 4.69) is 4.99 Å². The van der Waals surface area contributed by atoms with Crippen molar-refractivity contribution in [2.24, 2.45) is 4.99 Å². The van der Waals surface area contributed by atoms with E-state index in [1.807, 2.05) is 11.1 Å². The number of amides is 1. The zero-order valence-electron chi connectivity index (χ0n) is 22.0. The van der Waals surface area contributed by atoms with E-state index in [9.17, 15) is 9.18 Å². The second-order valence-corrected chi connectivity index (χ2v) is 9.28. The van der Waals surface area contributed by atoms with Crippen LogP contribution in [0.3, 0.4) is 0 Å².